The number of nitrogens with zero attached hydrogens (tertiary/aromatic N) is 3. The van der Waals surface area contributed by atoms with Crippen molar-refractivity contribution >= 4 is 27.7 Å². The van der Waals surface area contributed by atoms with Crippen molar-refractivity contribution < 1.29 is 22.7 Å². The van der Waals surface area contributed by atoms with Crippen LogP contribution < -0.4 is 5.32 Å². The molecule has 1 amide bonds. The van der Waals surface area contributed by atoms with Gasteiger partial charge in [0.1, 0.15) is 5.82 Å². The third kappa shape index (κ3) is 6.14. The first kappa shape index (κ1) is 23.6. The van der Waals surface area contributed by atoms with Gasteiger partial charge in [-0.2, -0.15) is 9.40 Å². The van der Waals surface area contributed by atoms with Crippen molar-refractivity contribution in [1.29, 1.82) is 0 Å². The van der Waals surface area contributed by atoms with Gasteiger partial charge >= 0.3 is 5.97 Å². The molecule has 0 aliphatic heterocycles. The number of amides is 1. The van der Waals surface area contributed by atoms with Gasteiger partial charge in [-0.1, -0.05) is 26.0 Å². The number of rotatable bonds is 10. The molecule has 0 aliphatic rings. The van der Waals surface area contributed by atoms with Crippen LogP contribution in [0.4, 0.5) is 5.82 Å². The van der Waals surface area contributed by atoms with Crippen molar-refractivity contribution in [2.45, 2.75) is 38.5 Å². The Morgan fingerprint density at radius 1 is 1.17 bits per heavy atom. The number of hydrogen-bond acceptors (Lipinski definition) is 6. The summed E-state index contributed by atoms with van der Waals surface area (Å²) in [6.45, 7) is 5.81. The van der Waals surface area contributed by atoms with Crippen LogP contribution in [0.1, 0.15) is 31.5 Å². The zero-order valence-electron chi connectivity index (χ0n) is 17.7. The topological polar surface area (TPSA) is 111 Å². The summed E-state index contributed by atoms with van der Waals surface area (Å²) >= 11 is 0. The lowest BCUT2D eigenvalue weighted by atomic mass is 10.1. The van der Waals surface area contributed by atoms with Crippen molar-refractivity contribution in [3.8, 4) is 0 Å². The van der Waals surface area contributed by atoms with Crippen LogP contribution in [0.25, 0.3) is 0 Å². The van der Waals surface area contributed by atoms with E-state index >= 15 is 0 Å². The second-order valence-electron chi connectivity index (χ2n) is 6.74. The van der Waals surface area contributed by atoms with Gasteiger partial charge in [0.2, 0.25) is 10.0 Å². The van der Waals surface area contributed by atoms with E-state index in [9.17, 15) is 18.0 Å². The lowest BCUT2D eigenvalue weighted by Gasteiger charge is -2.18. The highest BCUT2D eigenvalue weighted by atomic mass is 32.2. The first-order valence-corrected chi connectivity index (χ1v) is 11.2. The Morgan fingerprint density at radius 2 is 1.80 bits per heavy atom. The number of carbonyl (C=O) groups is 2. The SMILES string of the molecule is CCN(CC)S(=O)(=O)c1ccc(CCC(=O)OCC(=O)Nc2cc(C)nn2C)cc1. The van der Waals surface area contributed by atoms with Gasteiger partial charge < -0.3 is 10.1 Å². The number of carbonyl (C=O) groups excluding carboxylic acids is 2. The fourth-order valence-electron chi connectivity index (χ4n) is 2.91. The van der Waals surface area contributed by atoms with E-state index < -0.39 is 21.9 Å². The molecule has 2 rings (SSSR count). The minimum absolute atomic E-state index is 0.0836. The zero-order chi connectivity index (χ0) is 22.3. The van der Waals surface area contributed by atoms with Crippen LogP contribution in [0.3, 0.4) is 0 Å². The van der Waals surface area contributed by atoms with Crippen molar-refractivity contribution in [3.63, 3.8) is 0 Å². The standard InChI is InChI=1S/C20H28N4O5S/c1-5-24(6-2)30(27,28)17-10-7-16(8-11-17)9-12-20(26)29-14-19(25)21-18-13-15(3)22-23(18)4/h7-8,10-11,13H,5-6,9,12,14H2,1-4H3,(H,21,25). The third-order valence-corrected chi connectivity index (χ3v) is 6.58. The number of aromatic nitrogens is 2. The minimum atomic E-state index is -3.50. The third-order valence-electron chi connectivity index (χ3n) is 4.52. The van der Waals surface area contributed by atoms with Crippen molar-refractivity contribution in [3.05, 3.63) is 41.6 Å². The molecule has 1 aromatic carbocycles. The summed E-state index contributed by atoms with van der Waals surface area (Å²) in [4.78, 5) is 24.0. The summed E-state index contributed by atoms with van der Waals surface area (Å²) in [5.74, 6) is -0.434. The van der Waals surface area contributed by atoms with Crippen molar-refractivity contribution in [1.82, 2.24) is 14.1 Å². The van der Waals surface area contributed by atoms with E-state index in [-0.39, 0.29) is 17.9 Å². The van der Waals surface area contributed by atoms with Crippen LogP contribution in [0.15, 0.2) is 35.2 Å². The normalized spacial score (nSPS) is 11.5. The summed E-state index contributed by atoms with van der Waals surface area (Å²) in [5.41, 5.74) is 1.57. The molecule has 0 atom stereocenters. The first-order chi connectivity index (χ1) is 14.2. The van der Waals surface area contributed by atoms with E-state index in [1.165, 1.54) is 21.1 Å². The monoisotopic (exact) mass is 436 g/mol. The Morgan fingerprint density at radius 3 is 2.33 bits per heavy atom. The van der Waals surface area contributed by atoms with Gasteiger partial charge in [0.15, 0.2) is 6.61 Å². The van der Waals surface area contributed by atoms with Crippen LogP contribution in [0.2, 0.25) is 0 Å². The largest absolute Gasteiger partial charge is 0.456 e. The van der Waals surface area contributed by atoms with Gasteiger partial charge in [0, 0.05) is 32.6 Å². The molecule has 0 spiro atoms. The molecule has 0 unspecified atom stereocenters. The Labute approximate surface area is 177 Å². The van der Waals surface area contributed by atoms with Crippen LogP contribution in [0, 0.1) is 6.92 Å². The summed E-state index contributed by atoms with van der Waals surface area (Å²) in [5, 5.41) is 6.74. The maximum Gasteiger partial charge on any atom is 0.306 e. The fraction of sp³-hybridized carbons (Fsp3) is 0.450. The quantitative estimate of drug-likeness (QED) is 0.569. The Kier molecular flexibility index (Phi) is 8.13. The second kappa shape index (κ2) is 10.4. The maximum atomic E-state index is 12.5. The number of hydrogen-bond donors (Lipinski definition) is 1. The fourth-order valence-corrected chi connectivity index (χ4v) is 4.37. The Balaban J connectivity index is 1.82. The molecular weight excluding hydrogens is 408 g/mol. The van der Waals surface area contributed by atoms with Gasteiger partial charge in [-0.05, 0) is 31.0 Å². The molecule has 0 saturated carbocycles. The van der Waals surface area contributed by atoms with Crippen molar-refractivity contribution in [2.24, 2.45) is 7.05 Å². The maximum absolute atomic E-state index is 12.5. The van der Waals surface area contributed by atoms with Gasteiger partial charge in [0.05, 0.1) is 10.6 Å². The minimum Gasteiger partial charge on any atom is -0.456 e. The second-order valence-corrected chi connectivity index (χ2v) is 8.67. The lowest BCUT2D eigenvalue weighted by Crippen LogP contribution is -2.30. The molecule has 1 aromatic heterocycles. The number of anilines is 1. The van der Waals surface area contributed by atoms with Gasteiger partial charge in [-0.3, -0.25) is 14.3 Å². The lowest BCUT2D eigenvalue weighted by molar-refractivity contribution is -0.147. The molecule has 0 bridgehead atoms. The van der Waals surface area contributed by atoms with Crippen LogP contribution >= 0.6 is 0 Å². The molecule has 9 nitrogen and oxygen atoms in total. The summed E-state index contributed by atoms with van der Waals surface area (Å²) < 4.78 is 32.9. The van der Waals surface area contributed by atoms with E-state index in [4.69, 9.17) is 4.74 Å². The van der Waals surface area contributed by atoms with Gasteiger partial charge in [-0.15, -0.1) is 0 Å². The molecule has 30 heavy (non-hydrogen) atoms. The van der Waals surface area contributed by atoms with Gasteiger partial charge in [0.25, 0.3) is 5.91 Å². The van der Waals surface area contributed by atoms with Gasteiger partial charge in [-0.25, -0.2) is 8.42 Å². The Hall–Kier alpha value is -2.72. The van der Waals surface area contributed by atoms with Crippen LogP contribution in [-0.4, -0.2) is 54.1 Å². The molecule has 0 aliphatic carbocycles. The molecule has 0 radical (unpaired) electrons. The molecule has 0 fully saturated rings. The number of ether oxygens (including phenoxy) is 1. The molecule has 2 aromatic rings. The summed E-state index contributed by atoms with van der Waals surface area (Å²) in [7, 11) is -1.80. The number of aryl methyl sites for hydroxylation is 3. The molecular formula is C20H28N4O5S. The predicted octanol–water partition coefficient (Wildman–Crippen LogP) is 1.87. The molecule has 0 saturated heterocycles. The number of sulfonamides is 1. The number of esters is 1. The van der Waals surface area contributed by atoms with E-state index in [0.29, 0.717) is 25.3 Å². The molecule has 164 valence electrons. The molecule has 1 heterocycles. The Bertz CT molecular complexity index is 979. The highest BCUT2D eigenvalue weighted by molar-refractivity contribution is 7.89. The molecule has 1 N–H and O–H groups in total. The van der Waals surface area contributed by atoms with E-state index in [1.807, 2.05) is 0 Å². The average molecular weight is 437 g/mol. The van der Waals surface area contributed by atoms with Crippen LogP contribution in [0.5, 0.6) is 0 Å². The zero-order valence-corrected chi connectivity index (χ0v) is 18.5. The summed E-state index contributed by atoms with van der Waals surface area (Å²) in [6, 6.07) is 8.15. The number of benzene rings is 1. The van der Waals surface area contributed by atoms with E-state index in [0.717, 1.165) is 11.3 Å². The van der Waals surface area contributed by atoms with E-state index in [2.05, 4.69) is 10.4 Å². The number of nitrogens with one attached hydrogen (secondary N) is 1. The molecule has 10 heteroatoms. The predicted molar refractivity (Wildman–Crippen MR) is 112 cm³/mol. The van der Waals surface area contributed by atoms with E-state index in [1.54, 1.807) is 46.0 Å². The van der Waals surface area contributed by atoms with Crippen molar-refractivity contribution in [2.75, 3.05) is 25.0 Å². The highest BCUT2D eigenvalue weighted by Gasteiger charge is 2.21. The first-order valence-electron chi connectivity index (χ1n) is 9.72. The average Bonchev–Trinajstić information content (AvgIpc) is 3.02. The highest BCUT2D eigenvalue weighted by Crippen LogP contribution is 2.17. The summed E-state index contributed by atoms with van der Waals surface area (Å²) in [6.07, 6.45) is 0.465. The van der Waals surface area contributed by atoms with Crippen LogP contribution in [-0.2, 0) is 37.8 Å². The smallest absolute Gasteiger partial charge is 0.306 e.